The first kappa shape index (κ1) is 14.0. The third-order valence-electron chi connectivity index (χ3n) is 3.27. The first-order valence-corrected chi connectivity index (χ1v) is 6.80. The molecule has 0 aliphatic carbocycles. The van der Waals surface area contributed by atoms with Gasteiger partial charge in [-0.1, -0.05) is 24.0 Å². The predicted octanol–water partition coefficient (Wildman–Crippen LogP) is 2.27. The van der Waals surface area contributed by atoms with E-state index in [1.807, 2.05) is 36.4 Å². The van der Waals surface area contributed by atoms with Gasteiger partial charge in [0.15, 0.2) is 0 Å². The molecule has 1 amide bonds. The van der Waals surface area contributed by atoms with E-state index >= 15 is 0 Å². The predicted molar refractivity (Wildman–Crippen MR) is 80.4 cm³/mol. The van der Waals surface area contributed by atoms with Gasteiger partial charge in [-0.15, -0.1) is 0 Å². The quantitative estimate of drug-likeness (QED) is 0.863. The van der Waals surface area contributed by atoms with Gasteiger partial charge >= 0.3 is 6.09 Å². The Kier molecular flexibility index (Phi) is 3.92. The lowest BCUT2D eigenvalue weighted by Crippen LogP contribution is -2.18. The van der Waals surface area contributed by atoms with Crippen molar-refractivity contribution in [3.05, 3.63) is 59.3 Å². The van der Waals surface area contributed by atoms with Crippen molar-refractivity contribution in [2.75, 3.05) is 13.7 Å². The third-order valence-corrected chi connectivity index (χ3v) is 3.27. The number of amides is 1. The monoisotopic (exact) mass is 294 g/mol. The molecular weight excluding hydrogens is 280 g/mol. The normalized spacial score (nSPS) is 16.2. The van der Waals surface area contributed by atoms with Gasteiger partial charge in [0.1, 0.15) is 6.61 Å². The van der Waals surface area contributed by atoms with Crippen LogP contribution < -0.4 is 10.1 Å². The number of cyclic esters (lactones) is 1. The van der Waals surface area contributed by atoms with Crippen LogP contribution in [-0.4, -0.2) is 24.8 Å². The minimum absolute atomic E-state index is 0.123. The SMILES string of the molecule is COc1ncccc1C#Cc1cccc([C@@H]2COC(=O)N2)c1. The summed E-state index contributed by atoms with van der Waals surface area (Å²) in [5.74, 6) is 6.64. The lowest BCUT2D eigenvalue weighted by molar-refractivity contribution is 0.177. The van der Waals surface area contributed by atoms with E-state index < -0.39 is 0 Å². The fourth-order valence-electron chi connectivity index (χ4n) is 2.19. The van der Waals surface area contributed by atoms with Gasteiger partial charge in [0.2, 0.25) is 5.88 Å². The molecule has 1 saturated heterocycles. The molecule has 0 unspecified atom stereocenters. The van der Waals surface area contributed by atoms with Gasteiger partial charge in [-0.3, -0.25) is 0 Å². The van der Waals surface area contributed by atoms with Crippen molar-refractivity contribution in [3.63, 3.8) is 0 Å². The Balaban J connectivity index is 1.85. The van der Waals surface area contributed by atoms with E-state index in [-0.39, 0.29) is 12.1 Å². The molecule has 0 spiro atoms. The zero-order valence-corrected chi connectivity index (χ0v) is 12.0. The van der Waals surface area contributed by atoms with Crippen molar-refractivity contribution >= 4 is 6.09 Å². The number of alkyl carbamates (subject to hydrolysis) is 1. The van der Waals surface area contributed by atoms with Crippen LogP contribution in [0.25, 0.3) is 0 Å². The van der Waals surface area contributed by atoms with Gasteiger partial charge in [-0.2, -0.15) is 0 Å². The second-order valence-electron chi connectivity index (χ2n) is 4.73. The number of pyridine rings is 1. The zero-order valence-electron chi connectivity index (χ0n) is 12.0. The number of benzene rings is 1. The Labute approximate surface area is 128 Å². The van der Waals surface area contributed by atoms with Gasteiger partial charge in [0.25, 0.3) is 0 Å². The molecule has 22 heavy (non-hydrogen) atoms. The maximum atomic E-state index is 11.1. The lowest BCUT2D eigenvalue weighted by atomic mass is 10.0. The Morgan fingerprint density at radius 2 is 2.23 bits per heavy atom. The molecule has 2 heterocycles. The minimum atomic E-state index is -0.387. The van der Waals surface area contributed by atoms with Crippen molar-refractivity contribution in [2.24, 2.45) is 0 Å². The summed E-state index contributed by atoms with van der Waals surface area (Å²) in [6.45, 7) is 0.339. The number of ether oxygens (including phenoxy) is 2. The van der Waals surface area contributed by atoms with Crippen LogP contribution in [0.4, 0.5) is 4.79 Å². The number of nitrogens with zero attached hydrogens (tertiary/aromatic N) is 1. The number of methoxy groups -OCH3 is 1. The van der Waals surface area contributed by atoms with Crippen molar-refractivity contribution in [3.8, 4) is 17.7 Å². The summed E-state index contributed by atoms with van der Waals surface area (Å²) in [6, 6.07) is 11.2. The van der Waals surface area contributed by atoms with Crippen LogP contribution in [0, 0.1) is 11.8 Å². The number of carbonyl (C=O) groups excluding carboxylic acids is 1. The van der Waals surface area contributed by atoms with Crippen LogP contribution in [0.3, 0.4) is 0 Å². The minimum Gasteiger partial charge on any atom is -0.480 e. The molecule has 5 heteroatoms. The number of nitrogens with one attached hydrogen (secondary N) is 1. The topological polar surface area (TPSA) is 60.5 Å². The van der Waals surface area contributed by atoms with Crippen LogP contribution >= 0.6 is 0 Å². The molecule has 1 N–H and O–H groups in total. The summed E-state index contributed by atoms with van der Waals surface area (Å²) in [5, 5.41) is 2.75. The highest BCUT2D eigenvalue weighted by Crippen LogP contribution is 2.19. The second-order valence-corrected chi connectivity index (χ2v) is 4.73. The van der Waals surface area contributed by atoms with E-state index in [0.29, 0.717) is 12.5 Å². The summed E-state index contributed by atoms with van der Waals surface area (Å²) >= 11 is 0. The van der Waals surface area contributed by atoms with Crippen LogP contribution in [-0.2, 0) is 4.74 Å². The fraction of sp³-hybridized carbons (Fsp3) is 0.176. The summed E-state index contributed by atoms with van der Waals surface area (Å²) in [7, 11) is 1.57. The molecular formula is C17H14N2O3. The molecule has 1 aliphatic rings. The maximum absolute atomic E-state index is 11.1. The average Bonchev–Trinajstić information content (AvgIpc) is 3.00. The molecule has 1 atom stereocenters. The smallest absolute Gasteiger partial charge is 0.407 e. The van der Waals surface area contributed by atoms with Crippen LogP contribution in [0.5, 0.6) is 5.88 Å². The van der Waals surface area contributed by atoms with E-state index in [4.69, 9.17) is 9.47 Å². The van der Waals surface area contributed by atoms with Crippen molar-refractivity contribution in [1.82, 2.24) is 10.3 Å². The first-order chi connectivity index (χ1) is 10.8. The first-order valence-electron chi connectivity index (χ1n) is 6.80. The van der Waals surface area contributed by atoms with Crippen LogP contribution in [0.1, 0.15) is 22.7 Å². The van der Waals surface area contributed by atoms with E-state index in [1.54, 1.807) is 13.3 Å². The Morgan fingerprint density at radius 3 is 3.00 bits per heavy atom. The number of aromatic nitrogens is 1. The van der Waals surface area contributed by atoms with Gasteiger partial charge in [-0.05, 0) is 29.8 Å². The van der Waals surface area contributed by atoms with E-state index in [2.05, 4.69) is 22.1 Å². The molecule has 1 aliphatic heterocycles. The van der Waals surface area contributed by atoms with Crippen LogP contribution in [0.15, 0.2) is 42.6 Å². The van der Waals surface area contributed by atoms with E-state index in [0.717, 1.165) is 16.7 Å². The molecule has 1 fully saturated rings. The second kappa shape index (κ2) is 6.19. The summed E-state index contributed by atoms with van der Waals surface area (Å²) in [5.41, 5.74) is 2.55. The maximum Gasteiger partial charge on any atom is 0.407 e. The Bertz CT molecular complexity index is 762. The van der Waals surface area contributed by atoms with E-state index in [9.17, 15) is 4.79 Å². The Morgan fingerprint density at radius 1 is 1.32 bits per heavy atom. The third kappa shape index (κ3) is 3.01. The molecule has 5 nitrogen and oxygen atoms in total. The summed E-state index contributed by atoms with van der Waals surface area (Å²) < 4.78 is 10.1. The molecule has 1 aromatic carbocycles. The molecule has 1 aromatic heterocycles. The van der Waals surface area contributed by atoms with Crippen molar-refractivity contribution in [1.29, 1.82) is 0 Å². The largest absolute Gasteiger partial charge is 0.480 e. The van der Waals surface area contributed by atoms with Gasteiger partial charge in [-0.25, -0.2) is 9.78 Å². The standard InChI is InChI=1S/C17H14N2O3/c1-21-16-13(6-3-9-18-16)8-7-12-4-2-5-14(10-12)15-11-22-17(20)19-15/h2-6,9-10,15H,11H2,1H3,(H,19,20)/t15-/m0/s1. The fourth-order valence-corrected chi connectivity index (χ4v) is 2.19. The lowest BCUT2D eigenvalue weighted by Gasteiger charge is -2.07. The van der Waals surface area contributed by atoms with Crippen LogP contribution in [0.2, 0.25) is 0 Å². The number of hydrogen-bond acceptors (Lipinski definition) is 4. The molecule has 110 valence electrons. The number of carbonyl (C=O) groups is 1. The van der Waals surface area contributed by atoms with Gasteiger partial charge in [0.05, 0.1) is 18.7 Å². The van der Waals surface area contributed by atoms with Crippen molar-refractivity contribution in [2.45, 2.75) is 6.04 Å². The van der Waals surface area contributed by atoms with E-state index in [1.165, 1.54) is 0 Å². The summed E-state index contributed by atoms with van der Waals surface area (Å²) in [4.78, 5) is 15.2. The highest BCUT2D eigenvalue weighted by molar-refractivity contribution is 5.70. The van der Waals surface area contributed by atoms with Crippen molar-refractivity contribution < 1.29 is 14.3 Å². The number of hydrogen-bond donors (Lipinski definition) is 1. The highest BCUT2D eigenvalue weighted by Gasteiger charge is 2.23. The molecule has 0 bridgehead atoms. The summed E-state index contributed by atoms with van der Waals surface area (Å²) in [6.07, 6.45) is 1.27. The average molecular weight is 294 g/mol. The number of rotatable bonds is 2. The zero-order chi connectivity index (χ0) is 15.4. The Hall–Kier alpha value is -3.00. The molecule has 3 rings (SSSR count). The molecule has 2 aromatic rings. The van der Waals surface area contributed by atoms with Gasteiger partial charge in [0, 0.05) is 11.8 Å². The molecule has 0 radical (unpaired) electrons. The highest BCUT2D eigenvalue weighted by atomic mass is 16.6. The van der Waals surface area contributed by atoms with Gasteiger partial charge < -0.3 is 14.8 Å². The molecule has 0 saturated carbocycles.